The van der Waals surface area contributed by atoms with Gasteiger partial charge in [-0.1, -0.05) is 27.7 Å². The van der Waals surface area contributed by atoms with Gasteiger partial charge in [-0.25, -0.2) is 0 Å². The molecule has 104 valence electrons. The van der Waals surface area contributed by atoms with Crippen molar-refractivity contribution < 1.29 is 9.84 Å². The van der Waals surface area contributed by atoms with Crippen LogP contribution < -0.4 is 5.32 Å². The van der Waals surface area contributed by atoms with Crippen molar-refractivity contribution in [2.75, 3.05) is 46.5 Å². The van der Waals surface area contributed by atoms with Crippen molar-refractivity contribution in [3.05, 3.63) is 0 Å². The Morgan fingerprint density at radius 3 is 2.41 bits per heavy atom. The molecule has 0 fully saturated rings. The molecule has 0 unspecified atom stereocenters. The molecular weight excluding hydrogens is 216 g/mol. The van der Waals surface area contributed by atoms with Gasteiger partial charge in [-0.3, -0.25) is 4.90 Å². The van der Waals surface area contributed by atoms with E-state index in [1.54, 1.807) is 7.11 Å². The van der Waals surface area contributed by atoms with Crippen molar-refractivity contribution in [3.8, 4) is 0 Å². The van der Waals surface area contributed by atoms with Crippen LogP contribution >= 0.6 is 0 Å². The molecular formula is C13H30N2O2. The molecule has 0 amide bonds. The van der Waals surface area contributed by atoms with Crippen LogP contribution in [0.4, 0.5) is 0 Å². The third-order valence-electron chi connectivity index (χ3n) is 2.67. The number of aliphatic hydroxyl groups excluding tert-OH is 1. The lowest BCUT2D eigenvalue weighted by atomic mass is 9.92. The Labute approximate surface area is 106 Å². The SMILES string of the molecule is COCCN(CCO)CC(C)(C)CNC(C)C. The normalized spacial score (nSPS) is 12.7. The van der Waals surface area contributed by atoms with Crippen LogP contribution in [0.2, 0.25) is 0 Å². The van der Waals surface area contributed by atoms with Crippen molar-refractivity contribution in [3.63, 3.8) is 0 Å². The summed E-state index contributed by atoms with van der Waals surface area (Å²) in [6, 6.07) is 0.513. The molecule has 0 bridgehead atoms. The number of nitrogens with one attached hydrogen (secondary N) is 1. The molecule has 0 aromatic heterocycles. The summed E-state index contributed by atoms with van der Waals surface area (Å²) in [5, 5.41) is 12.5. The van der Waals surface area contributed by atoms with Gasteiger partial charge in [0.15, 0.2) is 0 Å². The van der Waals surface area contributed by atoms with Gasteiger partial charge in [0.2, 0.25) is 0 Å². The van der Waals surface area contributed by atoms with Crippen molar-refractivity contribution in [2.24, 2.45) is 5.41 Å². The predicted molar refractivity (Wildman–Crippen MR) is 72.3 cm³/mol. The molecule has 0 heterocycles. The number of hydrogen-bond donors (Lipinski definition) is 2. The quantitative estimate of drug-likeness (QED) is 0.602. The second-order valence-corrected chi connectivity index (χ2v) is 5.69. The number of rotatable bonds is 10. The maximum absolute atomic E-state index is 9.05. The van der Waals surface area contributed by atoms with E-state index in [-0.39, 0.29) is 12.0 Å². The van der Waals surface area contributed by atoms with Crippen molar-refractivity contribution in [1.82, 2.24) is 10.2 Å². The zero-order valence-corrected chi connectivity index (χ0v) is 12.1. The van der Waals surface area contributed by atoms with Gasteiger partial charge in [0, 0.05) is 39.3 Å². The average molecular weight is 246 g/mol. The summed E-state index contributed by atoms with van der Waals surface area (Å²) >= 11 is 0. The van der Waals surface area contributed by atoms with Gasteiger partial charge in [-0.2, -0.15) is 0 Å². The number of methoxy groups -OCH3 is 1. The second-order valence-electron chi connectivity index (χ2n) is 5.69. The molecule has 4 nitrogen and oxygen atoms in total. The molecule has 0 saturated carbocycles. The highest BCUT2D eigenvalue weighted by Crippen LogP contribution is 2.15. The summed E-state index contributed by atoms with van der Waals surface area (Å²) < 4.78 is 5.09. The van der Waals surface area contributed by atoms with Crippen LogP contribution in [0, 0.1) is 5.41 Å². The third kappa shape index (κ3) is 9.53. The highest BCUT2D eigenvalue weighted by Gasteiger charge is 2.21. The van der Waals surface area contributed by atoms with E-state index in [0.717, 1.165) is 19.6 Å². The number of nitrogens with zero attached hydrogens (tertiary/aromatic N) is 1. The van der Waals surface area contributed by atoms with Crippen molar-refractivity contribution in [1.29, 1.82) is 0 Å². The Morgan fingerprint density at radius 2 is 1.94 bits per heavy atom. The zero-order valence-electron chi connectivity index (χ0n) is 12.1. The average Bonchev–Trinajstić information content (AvgIpc) is 2.23. The highest BCUT2D eigenvalue weighted by molar-refractivity contribution is 4.77. The van der Waals surface area contributed by atoms with E-state index in [2.05, 4.69) is 37.9 Å². The standard InChI is InChI=1S/C13H30N2O2/c1-12(2)14-10-13(3,4)11-15(6-8-16)7-9-17-5/h12,14,16H,6-11H2,1-5H3. The van der Waals surface area contributed by atoms with Gasteiger partial charge in [0.1, 0.15) is 0 Å². The summed E-state index contributed by atoms with van der Waals surface area (Å²) in [6.07, 6.45) is 0. The molecule has 0 spiro atoms. The molecule has 0 aromatic carbocycles. The summed E-state index contributed by atoms with van der Waals surface area (Å²) in [7, 11) is 1.71. The predicted octanol–water partition coefficient (Wildman–Crippen LogP) is 0.951. The van der Waals surface area contributed by atoms with Crippen molar-refractivity contribution in [2.45, 2.75) is 33.7 Å². The molecule has 0 saturated heterocycles. The fourth-order valence-electron chi connectivity index (χ4n) is 1.77. The van der Waals surface area contributed by atoms with E-state index in [4.69, 9.17) is 9.84 Å². The van der Waals surface area contributed by atoms with Crippen LogP contribution in [0.25, 0.3) is 0 Å². The maximum Gasteiger partial charge on any atom is 0.0589 e. The minimum absolute atomic E-state index is 0.202. The Hall–Kier alpha value is -0.160. The van der Waals surface area contributed by atoms with Crippen LogP contribution in [-0.4, -0.2) is 62.6 Å². The molecule has 17 heavy (non-hydrogen) atoms. The Kier molecular flexibility index (Phi) is 8.78. The molecule has 0 atom stereocenters. The summed E-state index contributed by atoms with van der Waals surface area (Å²) in [5.41, 5.74) is 0.202. The fraction of sp³-hybridized carbons (Fsp3) is 1.00. The lowest BCUT2D eigenvalue weighted by Gasteiger charge is -2.33. The molecule has 0 aromatic rings. The zero-order chi connectivity index (χ0) is 13.3. The van der Waals surface area contributed by atoms with E-state index in [0.29, 0.717) is 19.2 Å². The molecule has 0 aliphatic carbocycles. The van der Waals surface area contributed by atoms with Crippen LogP contribution in [0.3, 0.4) is 0 Å². The van der Waals surface area contributed by atoms with Gasteiger partial charge in [0.25, 0.3) is 0 Å². The monoisotopic (exact) mass is 246 g/mol. The third-order valence-corrected chi connectivity index (χ3v) is 2.67. The molecule has 0 radical (unpaired) electrons. The summed E-state index contributed by atoms with van der Waals surface area (Å²) in [6.45, 7) is 13.3. The molecule has 0 aliphatic rings. The first-order chi connectivity index (χ1) is 7.91. The Bertz CT molecular complexity index is 184. The number of ether oxygens (including phenoxy) is 1. The van der Waals surface area contributed by atoms with Gasteiger partial charge < -0.3 is 15.2 Å². The largest absolute Gasteiger partial charge is 0.395 e. The number of aliphatic hydroxyl groups is 1. The highest BCUT2D eigenvalue weighted by atomic mass is 16.5. The minimum atomic E-state index is 0.202. The van der Waals surface area contributed by atoms with Gasteiger partial charge in [-0.15, -0.1) is 0 Å². The second kappa shape index (κ2) is 8.86. The lowest BCUT2D eigenvalue weighted by molar-refractivity contribution is 0.100. The van der Waals surface area contributed by atoms with Crippen LogP contribution in [0.15, 0.2) is 0 Å². The lowest BCUT2D eigenvalue weighted by Crippen LogP contribution is -2.44. The Morgan fingerprint density at radius 1 is 1.29 bits per heavy atom. The van der Waals surface area contributed by atoms with E-state index in [1.165, 1.54) is 0 Å². The van der Waals surface area contributed by atoms with Crippen LogP contribution in [0.5, 0.6) is 0 Å². The minimum Gasteiger partial charge on any atom is -0.395 e. The first-order valence-electron chi connectivity index (χ1n) is 6.47. The fourth-order valence-corrected chi connectivity index (χ4v) is 1.77. The van der Waals surface area contributed by atoms with Crippen LogP contribution in [0.1, 0.15) is 27.7 Å². The Balaban J connectivity index is 4.10. The topological polar surface area (TPSA) is 44.7 Å². The first-order valence-corrected chi connectivity index (χ1v) is 6.47. The van der Waals surface area contributed by atoms with Gasteiger partial charge in [-0.05, 0) is 5.41 Å². The summed E-state index contributed by atoms with van der Waals surface area (Å²) in [5.74, 6) is 0. The van der Waals surface area contributed by atoms with Gasteiger partial charge in [0.05, 0.1) is 13.2 Å². The summed E-state index contributed by atoms with van der Waals surface area (Å²) in [4.78, 5) is 2.26. The molecule has 0 rings (SSSR count). The van der Waals surface area contributed by atoms with Gasteiger partial charge >= 0.3 is 0 Å². The smallest absolute Gasteiger partial charge is 0.0589 e. The van der Waals surface area contributed by atoms with E-state index in [9.17, 15) is 0 Å². The van der Waals surface area contributed by atoms with Crippen LogP contribution in [-0.2, 0) is 4.74 Å². The number of hydrogen-bond acceptors (Lipinski definition) is 4. The molecule has 2 N–H and O–H groups in total. The van der Waals surface area contributed by atoms with E-state index in [1.807, 2.05) is 0 Å². The van der Waals surface area contributed by atoms with Crippen molar-refractivity contribution >= 4 is 0 Å². The maximum atomic E-state index is 9.05. The van der Waals surface area contributed by atoms with E-state index >= 15 is 0 Å². The molecule has 4 heteroatoms. The first kappa shape index (κ1) is 16.8. The van der Waals surface area contributed by atoms with E-state index < -0.39 is 0 Å². The molecule has 0 aliphatic heterocycles.